The average Bonchev–Trinajstić information content (AvgIpc) is 2.66. The molecule has 25 heavy (non-hydrogen) atoms. The predicted molar refractivity (Wildman–Crippen MR) is 98.0 cm³/mol. The third-order valence-corrected chi connectivity index (χ3v) is 6.57. The van der Waals surface area contributed by atoms with Crippen molar-refractivity contribution in [1.82, 2.24) is 0 Å². The molecule has 2 saturated carbocycles. The van der Waals surface area contributed by atoms with E-state index in [0.29, 0.717) is 12.8 Å². The van der Waals surface area contributed by atoms with Gasteiger partial charge in [-0.25, -0.2) is 0 Å². The first-order valence-corrected chi connectivity index (χ1v) is 10.2. The summed E-state index contributed by atoms with van der Waals surface area (Å²) in [7, 11) is 2.95. The molecule has 0 aromatic heterocycles. The van der Waals surface area contributed by atoms with Crippen LogP contribution in [0.5, 0.6) is 0 Å². The van der Waals surface area contributed by atoms with E-state index in [4.69, 9.17) is 9.47 Å². The lowest BCUT2D eigenvalue weighted by atomic mass is 9.72. The molecule has 0 spiro atoms. The molecule has 4 heteroatoms. The normalized spacial score (nSPS) is 29.8. The Balaban J connectivity index is 1.57. The van der Waals surface area contributed by atoms with Crippen LogP contribution in [0.3, 0.4) is 0 Å². The fourth-order valence-electron chi connectivity index (χ4n) is 4.83. The Morgan fingerprint density at radius 2 is 0.960 bits per heavy atom. The lowest BCUT2D eigenvalue weighted by molar-refractivity contribution is -0.141. The second kappa shape index (κ2) is 10.8. The minimum absolute atomic E-state index is 0.0638. The molecule has 2 rings (SSSR count). The quantitative estimate of drug-likeness (QED) is 0.583. The SMILES string of the molecule is COC(=O)CCC1CCC(CC2CCC(CCC(=O)OC)CC2)CC1. The van der Waals surface area contributed by atoms with Crippen LogP contribution in [0, 0.1) is 23.7 Å². The van der Waals surface area contributed by atoms with Crippen LogP contribution >= 0.6 is 0 Å². The molecule has 0 amide bonds. The summed E-state index contributed by atoms with van der Waals surface area (Å²) in [5.41, 5.74) is 0. The molecule has 0 unspecified atom stereocenters. The number of carbonyl (C=O) groups is 2. The molecule has 4 nitrogen and oxygen atoms in total. The van der Waals surface area contributed by atoms with E-state index in [1.165, 1.54) is 72.0 Å². The summed E-state index contributed by atoms with van der Waals surface area (Å²) in [6.45, 7) is 0. The number of hydrogen-bond acceptors (Lipinski definition) is 4. The first-order chi connectivity index (χ1) is 12.1. The summed E-state index contributed by atoms with van der Waals surface area (Å²) < 4.78 is 9.49. The maximum atomic E-state index is 11.3. The largest absolute Gasteiger partial charge is 0.469 e. The molecule has 2 aliphatic rings. The van der Waals surface area contributed by atoms with Crippen LogP contribution in [-0.2, 0) is 19.1 Å². The van der Waals surface area contributed by atoms with Crippen molar-refractivity contribution in [3.8, 4) is 0 Å². The maximum Gasteiger partial charge on any atom is 0.305 e. The zero-order chi connectivity index (χ0) is 18.1. The van der Waals surface area contributed by atoms with Crippen LogP contribution in [0.1, 0.15) is 83.5 Å². The molecule has 0 aromatic carbocycles. The van der Waals surface area contributed by atoms with Gasteiger partial charge in [0.15, 0.2) is 0 Å². The first kappa shape index (κ1) is 20.3. The van der Waals surface area contributed by atoms with Gasteiger partial charge < -0.3 is 9.47 Å². The van der Waals surface area contributed by atoms with E-state index in [1.54, 1.807) is 0 Å². The number of ether oxygens (including phenoxy) is 2. The van der Waals surface area contributed by atoms with Gasteiger partial charge in [-0.05, 0) is 42.9 Å². The molecule has 0 saturated heterocycles. The monoisotopic (exact) mass is 352 g/mol. The van der Waals surface area contributed by atoms with Gasteiger partial charge in [0.1, 0.15) is 0 Å². The molecule has 2 fully saturated rings. The van der Waals surface area contributed by atoms with Crippen LogP contribution in [0.25, 0.3) is 0 Å². The number of methoxy groups -OCH3 is 2. The molecule has 2 aliphatic carbocycles. The van der Waals surface area contributed by atoms with Crippen LogP contribution < -0.4 is 0 Å². The highest BCUT2D eigenvalue weighted by Crippen LogP contribution is 2.40. The Morgan fingerprint density at radius 1 is 0.640 bits per heavy atom. The zero-order valence-corrected chi connectivity index (χ0v) is 16.1. The number of rotatable bonds is 8. The minimum atomic E-state index is -0.0638. The van der Waals surface area contributed by atoms with Gasteiger partial charge in [0, 0.05) is 12.8 Å². The van der Waals surface area contributed by atoms with Gasteiger partial charge in [0.2, 0.25) is 0 Å². The molecular formula is C21H36O4. The van der Waals surface area contributed by atoms with Crippen LogP contribution in [0.2, 0.25) is 0 Å². The summed E-state index contributed by atoms with van der Waals surface area (Å²) in [5.74, 6) is 3.11. The van der Waals surface area contributed by atoms with Crippen molar-refractivity contribution in [2.75, 3.05) is 14.2 Å². The fourth-order valence-corrected chi connectivity index (χ4v) is 4.83. The Bertz CT molecular complexity index is 366. The minimum Gasteiger partial charge on any atom is -0.469 e. The summed E-state index contributed by atoms with van der Waals surface area (Å²) in [4.78, 5) is 22.5. The van der Waals surface area contributed by atoms with Crippen LogP contribution in [-0.4, -0.2) is 26.2 Å². The van der Waals surface area contributed by atoms with Gasteiger partial charge in [0.25, 0.3) is 0 Å². The van der Waals surface area contributed by atoms with E-state index in [0.717, 1.165) is 36.5 Å². The summed E-state index contributed by atoms with van der Waals surface area (Å²) in [5, 5.41) is 0. The summed E-state index contributed by atoms with van der Waals surface area (Å²) in [6, 6.07) is 0. The molecule has 0 aromatic rings. The number of hydrogen-bond donors (Lipinski definition) is 0. The van der Waals surface area contributed by atoms with Gasteiger partial charge in [0.05, 0.1) is 14.2 Å². The zero-order valence-electron chi connectivity index (χ0n) is 16.1. The molecule has 0 N–H and O–H groups in total. The van der Waals surface area contributed by atoms with Crippen molar-refractivity contribution in [2.45, 2.75) is 83.5 Å². The Hall–Kier alpha value is -1.06. The van der Waals surface area contributed by atoms with E-state index >= 15 is 0 Å². The van der Waals surface area contributed by atoms with Gasteiger partial charge in [-0.3, -0.25) is 9.59 Å². The van der Waals surface area contributed by atoms with Crippen molar-refractivity contribution in [2.24, 2.45) is 23.7 Å². The highest BCUT2D eigenvalue weighted by molar-refractivity contribution is 5.69. The van der Waals surface area contributed by atoms with E-state index in [-0.39, 0.29) is 11.9 Å². The first-order valence-electron chi connectivity index (χ1n) is 10.2. The highest BCUT2D eigenvalue weighted by atomic mass is 16.5. The molecule has 144 valence electrons. The van der Waals surface area contributed by atoms with Crippen molar-refractivity contribution in [3.05, 3.63) is 0 Å². The topological polar surface area (TPSA) is 52.6 Å². The van der Waals surface area contributed by atoms with Gasteiger partial charge >= 0.3 is 11.9 Å². The van der Waals surface area contributed by atoms with Gasteiger partial charge in [-0.1, -0.05) is 51.4 Å². The lowest BCUT2D eigenvalue weighted by Crippen LogP contribution is -2.21. The third kappa shape index (κ3) is 7.37. The number of carbonyl (C=O) groups excluding carboxylic acids is 2. The van der Waals surface area contributed by atoms with Crippen molar-refractivity contribution >= 4 is 11.9 Å². The Labute approximate surface area is 153 Å². The van der Waals surface area contributed by atoms with Gasteiger partial charge in [-0.15, -0.1) is 0 Å². The fraction of sp³-hybridized carbons (Fsp3) is 0.905. The molecule has 0 aliphatic heterocycles. The van der Waals surface area contributed by atoms with E-state index in [1.807, 2.05) is 0 Å². The second-order valence-electron chi connectivity index (χ2n) is 8.24. The van der Waals surface area contributed by atoms with E-state index < -0.39 is 0 Å². The standard InChI is InChI=1S/C21H36O4/c1-24-20(22)13-11-16-3-7-18(8-4-16)15-19-9-5-17(6-10-19)12-14-21(23)25-2/h16-19H,3-15H2,1-2H3. The van der Waals surface area contributed by atoms with Crippen molar-refractivity contribution in [1.29, 1.82) is 0 Å². The second-order valence-corrected chi connectivity index (χ2v) is 8.24. The Morgan fingerprint density at radius 3 is 1.28 bits per heavy atom. The van der Waals surface area contributed by atoms with Crippen LogP contribution in [0.4, 0.5) is 0 Å². The van der Waals surface area contributed by atoms with Gasteiger partial charge in [-0.2, -0.15) is 0 Å². The van der Waals surface area contributed by atoms with Crippen molar-refractivity contribution < 1.29 is 19.1 Å². The van der Waals surface area contributed by atoms with Crippen molar-refractivity contribution in [3.63, 3.8) is 0 Å². The molecule has 0 heterocycles. The molecule has 0 radical (unpaired) electrons. The summed E-state index contributed by atoms with van der Waals surface area (Å²) in [6.07, 6.45) is 15.1. The molecule has 0 atom stereocenters. The highest BCUT2D eigenvalue weighted by Gasteiger charge is 2.27. The average molecular weight is 353 g/mol. The predicted octanol–water partition coefficient (Wildman–Crippen LogP) is 4.90. The molecule has 0 bridgehead atoms. The van der Waals surface area contributed by atoms with Crippen LogP contribution in [0.15, 0.2) is 0 Å². The van der Waals surface area contributed by atoms with E-state index in [2.05, 4.69) is 0 Å². The molecular weight excluding hydrogens is 316 g/mol. The number of esters is 2. The van der Waals surface area contributed by atoms with E-state index in [9.17, 15) is 9.59 Å². The smallest absolute Gasteiger partial charge is 0.305 e. The maximum absolute atomic E-state index is 11.3. The third-order valence-electron chi connectivity index (χ3n) is 6.57. The lowest BCUT2D eigenvalue weighted by Gasteiger charge is -2.34. The Kier molecular flexibility index (Phi) is 8.77. The summed E-state index contributed by atoms with van der Waals surface area (Å²) >= 11 is 0.